The minimum absolute atomic E-state index is 0.527. The van der Waals surface area contributed by atoms with Crippen molar-refractivity contribution in [3.8, 4) is 6.07 Å². The number of rotatable bonds is 4. The van der Waals surface area contributed by atoms with Crippen LogP contribution in [0.5, 0.6) is 0 Å². The molecule has 0 bridgehead atoms. The second kappa shape index (κ2) is 5.23. The average Bonchev–Trinajstić information content (AvgIpc) is 2.82. The summed E-state index contributed by atoms with van der Waals surface area (Å²) in [5.74, 6) is -0.989. The van der Waals surface area contributed by atoms with Crippen molar-refractivity contribution in [2.75, 3.05) is 5.32 Å². The molecule has 6 nitrogen and oxygen atoms in total. The Labute approximate surface area is 109 Å². The first-order valence-corrected chi connectivity index (χ1v) is 5.58. The second-order valence-corrected chi connectivity index (χ2v) is 4.05. The molecular weight excluding hydrogens is 244 g/mol. The predicted octanol–water partition coefficient (Wildman–Crippen LogP) is 1.53. The molecule has 1 aromatic carbocycles. The molecule has 0 aliphatic heterocycles. The number of nitrogens with one attached hydrogen (secondary N) is 1. The summed E-state index contributed by atoms with van der Waals surface area (Å²) in [5.41, 5.74) is 1.73. The van der Waals surface area contributed by atoms with E-state index in [0.717, 1.165) is 0 Å². The lowest BCUT2D eigenvalue weighted by Crippen LogP contribution is -2.20. The number of aryl methyl sites for hydroxylation is 1. The summed E-state index contributed by atoms with van der Waals surface area (Å²) in [6, 6.07) is 7.74. The fourth-order valence-corrected chi connectivity index (χ4v) is 1.68. The molecule has 19 heavy (non-hydrogen) atoms. The van der Waals surface area contributed by atoms with Gasteiger partial charge in [-0.15, -0.1) is 0 Å². The molecule has 6 heteroatoms. The van der Waals surface area contributed by atoms with Crippen LogP contribution in [0, 0.1) is 11.3 Å². The minimum Gasteiger partial charge on any atom is -0.479 e. The largest absolute Gasteiger partial charge is 0.479 e. The Balaban J connectivity index is 2.21. The van der Waals surface area contributed by atoms with Crippen molar-refractivity contribution in [2.24, 2.45) is 7.05 Å². The van der Waals surface area contributed by atoms with Crippen LogP contribution in [0.15, 0.2) is 36.7 Å². The first-order valence-electron chi connectivity index (χ1n) is 5.58. The van der Waals surface area contributed by atoms with E-state index >= 15 is 0 Å². The number of aliphatic carboxylic acids is 1. The molecule has 2 rings (SSSR count). The van der Waals surface area contributed by atoms with Gasteiger partial charge >= 0.3 is 5.97 Å². The maximum Gasteiger partial charge on any atom is 0.330 e. The van der Waals surface area contributed by atoms with E-state index < -0.39 is 12.0 Å². The monoisotopic (exact) mass is 256 g/mol. The fraction of sp³-hybridized carbons (Fsp3) is 0.154. The van der Waals surface area contributed by atoms with Crippen LogP contribution in [0.25, 0.3) is 0 Å². The van der Waals surface area contributed by atoms with Crippen LogP contribution >= 0.6 is 0 Å². The number of benzene rings is 1. The molecule has 0 aliphatic carbocycles. The molecule has 0 amide bonds. The standard InChI is InChI=1S/C13H12N4O2/c1-17-8-10(7-15-17)12(13(18)19)16-11-4-2-9(6-14)3-5-11/h2-5,7-8,12,16H,1H3,(H,18,19). The van der Waals surface area contributed by atoms with Crippen LogP contribution in [-0.2, 0) is 11.8 Å². The highest BCUT2D eigenvalue weighted by Crippen LogP contribution is 2.19. The van der Waals surface area contributed by atoms with Crippen molar-refractivity contribution in [3.05, 3.63) is 47.8 Å². The van der Waals surface area contributed by atoms with Gasteiger partial charge < -0.3 is 10.4 Å². The van der Waals surface area contributed by atoms with E-state index in [-0.39, 0.29) is 0 Å². The SMILES string of the molecule is Cn1cc(C(Nc2ccc(C#N)cc2)C(=O)O)cn1. The Morgan fingerprint density at radius 2 is 2.16 bits per heavy atom. The lowest BCUT2D eigenvalue weighted by molar-refractivity contribution is -0.138. The smallest absolute Gasteiger partial charge is 0.330 e. The first kappa shape index (κ1) is 12.6. The lowest BCUT2D eigenvalue weighted by atomic mass is 10.1. The highest BCUT2D eigenvalue weighted by molar-refractivity contribution is 5.79. The van der Waals surface area contributed by atoms with Crippen LogP contribution in [0.1, 0.15) is 17.2 Å². The van der Waals surface area contributed by atoms with Gasteiger partial charge in [0.15, 0.2) is 6.04 Å². The van der Waals surface area contributed by atoms with Gasteiger partial charge in [0.2, 0.25) is 0 Å². The van der Waals surface area contributed by atoms with Crippen LogP contribution in [0.4, 0.5) is 5.69 Å². The van der Waals surface area contributed by atoms with Gasteiger partial charge in [0.25, 0.3) is 0 Å². The van der Waals surface area contributed by atoms with Crippen LogP contribution in [0.3, 0.4) is 0 Å². The number of hydrogen-bond acceptors (Lipinski definition) is 4. The molecule has 0 spiro atoms. The summed E-state index contributed by atoms with van der Waals surface area (Å²) in [6.07, 6.45) is 3.16. The summed E-state index contributed by atoms with van der Waals surface area (Å²) in [5, 5.41) is 24.8. The summed E-state index contributed by atoms with van der Waals surface area (Å²) < 4.78 is 1.55. The van der Waals surface area contributed by atoms with E-state index in [1.54, 1.807) is 42.2 Å². The third-order valence-corrected chi connectivity index (χ3v) is 2.63. The Kier molecular flexibility index (Phi) is 3.48. The van der Waals surface area contributed by atoms with Gasteiger partial charge in [0.05, 0.1) is 17.8 Å². The molecule has 96 valence electrons. The third-order valence-electron chi connectivity index (χ3n) is 2.63. The highest BCUT2D eigenvalue weighted by atomic mass is 16.4. The minimum atomic E-state index is -0.989. The van der Waals surface area contributed by atoms with Crippen molar-refractivity contribution in [2.45, 2.75) is 6.04 Å². The second-order valence-electron chi connectivity index (χ2n) is 4.05. The van der Waals surface area contributed by atoms with Crippen molar-refractivity contribution < 1.29 is 9.90 Å². The zero-order valence-electron chi connectivity index (χ0n) is 10.2. The fourth-order valence-electron chi connectivity index (χ4n) is 1.68. The van der Waals surface area contributed by atoms with Crippen LogP contribution < -0.4 is 5.32 Å². The van der Waals surface area contributed by atoms with E-state index in [0.29, 0.717) is 16.8 Å². The van der Waals surface area contributed by atoms with Gasteiger partial charge in [0.1, 0.15) is 0 Å². The Morgan fingerprint density at radius 1 is 1.47 bits per heavy atom. The number of aromatic nitrogens is 2. The maximum atomic E-state index is 11.3. The molecule has 1 atom stereocenters. The number of nitriles is 1. The number of hydrogen-bond donors (Lipinski definition) is 2. The summed E-state index contributed by atoms with van der Waals surface area (Å²) in [4.78, 5) is 11.3. The van der Waals surface area contributed by atoms with E-state index in [4.69, 9.17) is 5.26 Å². The molecule has 0 saturated heterocycles. The molecule has 1 heterocycles. The average molecular weight is 256 g/mol. The molecular formula is C13H12N4O2. The van der Waals surface area contributed by atoms with Crippen molar-refractivity contribution in [3.63, 3.8) is 0 Å². The molecule has 2 aromatic rings. The van der Waals surface area contributed by atoms with Crippen LogP contribution in [0.2, 0.25) is 0 Å². The van der Waals surface area contributed by atoms with E-state index in [9.17, 15) is 9.90 Å². The van der Waals surface area contributed by atoms with Crippen LogP contribution in [-0.4, -0.2) is 20.9 Å². The molecule has 1 aromatic heterocycles. The van der Waals surface area contributed by atoms with Gasteiger partial charge in [-0.05, 0) is 24.3 Å². The molecule has 0 aliphatic rings. The number of carboxylic acid groups (broad SMARTS) is 1. The number of carbonyl (C=O) groups is 1. The quantitative estimate of drug-likeness (QED) is 0.865. The highest BCUT2D eigenvalue weighted by Gasteiger charge is 2.20. The summed E-state index contributed by atoms with van der Waals surface area (Å²) >= 11 is 0. The third kappa shape index (κ3) is 2.90. The van der Waals surface area contributed by atoms with Gasteiger partial charge in [0, 0.05) is 24.5 Å². The van der Waals surface area contributed by atoms with Crippen molar-refractivity contribution in [1.29, 1.82) is 5.26 Å². The van der Waals surface area contributed by atoms with Gasteiger partial charge in [-0.2, -0.15) is 10.4 Å². The lowest BCUT2D eigenvalue weighted by Gasteiger charge is -2.14. The van der Waals surface area contributed by atoms with E-state index in [1.807, 2.05) is 6.07 Å². The Bertz CT molecular complexity index is 625. The zero-order chi connectivity index (χ0) is 13.8. The predicted molar refractivity (Wildman–Crippen MR) is 68.4 cm³/mol. The van der Waals surface area contributed by atoms with Gasteiger partial charge in [-0.1, -0.05) is 0 Å². The first-order chi connectivity index (χ1) is 9.10. The molecule has 1 unspecified atom stereocenters. The van der Waals surface area contributed by atoms with Crippen molar-refractivity contribution >= 4 is 11.7 Å². The normalized spacial score (nSPS) is 11.6. The summed E-state index contributed by atoms with van der Waals surface area (Å²) in [7, 11) is 1.73. The number of nitrogens with zero attached hydrogens (tertiary/aromatic N) is 3. The molecule has 0 radical (unpaired) electrons. The van der Waals surface area contributed by atoms with E-state index in [1.165, 1.54) is 6.20 Å². The van der Waals surface area contributed by atoms with Gasteiger partial charge in [-0.3, -0.25) is 4.68 Å². The zero-order valence-corrected chi connectivity index (χ0v) is 10.2. The maximum absolute atomic E-state index is 11.3. The summed E-state index contributed by atoms with van der Waals surface area (Å²) in [6.45, 7) is 0. The molecule has 0 saturated carbocycles. The molecule has 2 N–H and O–H groups in total. The number of anilines is 1. The Hall–Kier alpha value is -2.81. The van der Waals surface area contributed by atoms with E-state index in [2.05, 4.69) is 10.4 Å². The topological polar surface area (TPSA) is 90.9 Å². The van der Waals surface area contributed by atoms with Crippen molar-refractivity contribution in [1.82, 2.24) is 9.78 Å². The molecule has 0 fully saturated rings. The van der Waals surface area contributed by atoms with Gasteiger partial charge in [-0.25, -0.2) is 4.79 Å². The Morgan fingerprint density at radius 3 is 2.63 bits per heavy atom. The number of carboxylic acids is 1.